The highest BCUT2D eigenvalue weighted by molar-refractivity contribution is 6.02. The maximum absolute atomic E-state index is 13.9. The fourth-order valence-corrected chi connectivity index (χ4v) is 12.4. The van der Waals surface area contributed by atoms with Crippen LogP contribution >= 0.6 is 0 Å². The standard InChI is InChI=1S/C40H59N3O6/c1-24(2)32-26(44)20-40(42-30(45)22-43-19-18-41-23-43)17-16-38(8)25(33(32)40)10-11-28-37(7)14-13-29(49-31(46)21-35(3,4)34(47)48)36(5,6)27(37)12-15-39(28,38)9/h18-19,23-25,27-29H,10-17,20-22H2,1-9H3,(H,42,45)(H,47,48)/t25?,27?,28?,29-,37-,38+,39+,40+/m0/s1. The lowest BCUT2D eigenvalue weighted by molar-refractivity contribution is -0.232. The van der Waals surface area contributed by atoms with Gasteiger partial charge in [-0.3, -0.25) is 19.2 Å². The molecule has 6 rings (SSSR count). The molecule has 0 radical (unpaired) electrons. The lowest BCUT2D eigenvalue weighted by Gasteiger charge is -2.72. The molecule has 5 aliphatic carbocycles. The molecule has 1 aromatic rings. The van der Waals surface area contributed by atoms with E-state index in [1.165, 1.54) is 5.57 Å². The van der Waals surface area contributed by atoms with E-state index in [4.69, 9.17) is 4.74 Å². The highest BCUT2D eigenvalue weighted by Gasteiger charge is 2.70. The van der Waals surface area contributed by atoms with E-state index in [-0.39, 0.29) is 64.3 Å². The molecule has 0 aromatic carbocycles. The van der Waals surface area contributed by atoms with Gasteiger partial charge in [0.25, 0.3) is 0 Å². The van der Waals surface area contributed by atoms with E-state index in [0.717, 1.165) is 56.9 Å². The molecule has 5 aliphatic rings. The number of ether oxygens (including phenoxy) is 1. The molecular weight excluding hydrogens is 618 g/mol. The summed E-state index contributed by atoms with van der Waals surface area (Å²) in [6, 6.07) is 0. The number of fused-ring (bicyclic) bond motifs is 7. The number of aliphatic carboxylic acids is 1. The van der Waals surface area contributed by atoms with Gasteiger partial charge in [0.05, 0.1) is 23.7 Å². The third-order valence-electron chi connectivity index (χ3n) is 15.1. The summed E-state index contributed by atoms with van der Waals surface area (Å²) in [5.74, 6) is -0.140. The van der Waals surface area contributed by atoms with Crippen molar-refractivity contribution in [2.45, 2.75) is 145 Å². The normalized spacial score (nSPS) is 38.3. The Labute approximate surface area is 292 Å². The molecule has 0 spiro atoms. The largest absolute Gasteiger partial charge is 0.481 e. The zero-order valence-electron chi connectivity index (χ0n) is 31.3. The smallest absolute Gasteiger partial charge is 0.309 e. The second-order valence-electron chi connectivity index (χ2n) is 18.8. The molecule has 4 fully saturated rings. The first-order chi connectivity index (χ1) is 22.7. The van der Waals surface area contributed by atoms with Crippen LogP contribution < -0.4 is 5.32 Å². The van der Waals surface area contributed by atoms with Gasteiger partial charge in [-0.2, -0.15) is 0 Å². The van der Waals surface area contributed by atoms with Crippen LogP contribution in [0, 0.1) is 50.7 Å². The molecule has 8 atom stereocenters. The zero-order valence-corrected chi connectivity index (χ0v) is 31.3. The first-order valence-corrected chi connectivity index (χ1v) is 18.7. The third-order valence-corrected chi connectivity index (χ3v) is 15.1. The van der Waals surface area contributed by atoms with Gasteiger partial charge in [-0.1, -0.05) is 48.5 Å². The van der Waals surface area contributed by atoms with Crippen LogP contribution in [0.1, 0.15) is 127 Å². The zero-order chi connectivity index (χ0) is 35.9. The third kappa shape index (κ3) is 5.42. The number of rotatable bonds is 8. The maximum atomic E-state index is 13.9. The van der Waals surface area contributed by atoms with Gasteiger partial charge in [-0.05, 0) is 116 Å². The Morgan fingerprint density at radius 2 is 1.71 bits per heavy atom. The number of amides is 1. The van der Waals surface area contributed by atoms with Crippen LogP contribution in [0.15, 0.2) is 29.9 Å². The van der Waals surface area contributed by atoms with Crippen LogP contribution in [0.3, 0.4) is 0 Å². The van der Waals surface area contributed by atoms with Gasteiger partial charge in [0.2, 0.25) is 5.91 Å². The predicted octanol–water partition coefficient (Wildman–Crippen LogP) is 7.15. The van der Waals surface area contributed by atoms with Crippen molar-refractivity contribution in [1.82, 2.24) is 14.9 Å². The predicted molar refractivity (Wildman–Crippen MR) is 186 cm³/mol. The Hall–Kier alpha value is -2.97. The molecule has 1 heterocycles. The summed E-state index contributed by atoms with van der Waals surface area (Å²) in [7, 11) is 0. The van der Waals surface area contributed by atoms with Gasteiger partial charge >= 0.3 is 11.9 Å². The molecule has 0 aliphatic heterocycles. The molecule has 270 valence electrons. The van der Waals surface area contributed by atoms with E-state index in [2.05, 4.69) is 58.8 Å². The van der Waals surface area contributed by atoms with Crippen molar-refractivity contribution < 1.29 is 29.0 Å². The molecule has 2 N–H and O–H groups in total. The number of esters is 1. The first-order valence-electron chi connectivity index (χ1n) is 18.7. The number of Topliss-reactive ketones (excluding diaryl/α,β-unsaturated/α-hetero) is 1. The fraction of sp³-hybridized carbons (Fsp3) is 0.775. The van der Waals surface area contributed by atoms with Gasteiger partial charge < -0.3 is 19.7 Å². The number of carbonyl (C=O) groups excluding carboxylic acids is 3. The summed E-state index contributed by atoms with van der Waals surface area (Å²) in [5, 5.41) is 13.0. The number of hydrogen-bond donors (Lipinski definition) is 2. The molecule has 0 bridgehead atoms. The molecule has 1 amide bonds. The fourth-order valence-electron chi connectivity index (χ4n) is 12.4. The number of aromatic nitrogens is 2. The second-order valence-corrected chi connectivity index (χ2v) is 18.8. The Morgan fingerprint density at radius 3 is 2.35 bits per heavy atom. The van der Waals surface area contributed by atoms with Gasteiger partial charge in [0.1, 0.15) is 12.6 Å². The molecule has 3 unspecified atom stereocenters. The van der Waals surface area contributed by atoms with E-state index in [1.54, 1.807) is 37.1 Å². The van der Waals surface area contributed by atoms with Crippen molar-refractivity contribution >= 4 is 23.6 Å². The molecule has 9 heteroatoms. The van der Waals surface area contributed by atoms with Crippen molar-refractivity contribution in [3.8, 4) is 0 Å². The number of carbonyl (C=O) groups is 4. The number of nitrogens with zero attached hydrogens (tertiary/aromatic N) is 2. The molecule has 9 nitrogen and oxygen atoms in total. The van der Waals surface area contributed by atoms with Crippen LogP contribution in [0.5, 0.6) is 0 Å². The van der Waals surface area contributed by atoms with E-state index < -0.39 is 22.9 Å². The van der Waals surface area contributed by atoms with Crippen LogP contribution in [0.2, 0.25) is 0 Å². The number of carboxylic acids is 1. The summed E-state index contributed by atoms with van der Waals surface area (Å²) in [6.07, 6.45) is 12.7. The van der Waals surface area contributed by atoms with Crippen LogP contribution in [0.4, 0.5) is 0 Å². The number of ketones is 1. The number of nitrogens with one attached hydrogen (secondary N) is 1. The molecule has 4 saturated carbocycles. The quantitative estimate of drug-likeness (QED) is 0.280. The van der Waals surface area contributed by atoms with Crippen molar-refractivity contribution in [3.05, 3.63) is 29.9 Å². The van der Waals surface area contributed by atoms with Crippen molar-refractivity contribution in [3.63, 3.8) is 0 Å². The van der Waals surface area contributed by atoms with Crippen LogP contribution in [-0.2, 0) is 30.5 Å². The number of carboxylic acid groups (broad SMARTS) is 1. The molecule has 1 aromatic heterocycles. The number of imidazole rings is 1. The summed E-state index contributed by atoms with van der Waals surface area (Å²) >= 11 is 0. The minimum atomic E-state index is -1.17. The van der Waals surface area contributed by atoms with Gasteiger partial charge in [0, 0.05) is 24.2 Å². The number of allylic oxidation sites excluding steroid dienone is 1. The Morgan fingerprint density at radius 1 is 1.00 bits per heavy atom. The summed E-state index contributed by atoms with van der Waals surface area (Å²) in [5.41, 5.74) is 0.215. The topological polar surface area (TPSA) is 128 Å². The molecule has 49 heavy (non-hydrogen) atoms. The highest BCUT2D eigenvalue weighted by Crippen LogP contribution is 2.75. The molecule has 0 saturated heterocycles. The Balaban J connectivity index is 1.28. The van der Waals surface area contributed by atoms with E-state index in [0.29, 0.717) is 18.3 Å². The van der Waals surface area contributed by atoms with Crippen molar-refractivity contribution in [1.29, 1.82) is 0 Å². The minimum Gasteiger partial charge on any atom is -0.481 e. The first kappa shape index (κ1) is 35.8. The van der Waals surface area contributed by atoms with E-state index in [9.17, 15) is 24.3 Å². The van der Waals surface area contributed by atoms with Gasteiger partial charge in [-0.25, -0.2) is 4.98 Å². The average molecular weight is 678 g/mol. The summed E-state index contributed by atoms with van der Waals surface area (Å²) in [6.45, 7) is 19.7. The van der Waals surface area contributed by atoms with Crippen LogP contribution in [0.25, 0.3) is 0 Å². The van der Waals surface area contributed by atoms with Gasteiger partial charge in [-0.15, -0.1) is 0 Å². The maximum Gasteiger partial charge on any atom is 0.309 e. The van der Waals surface area contributed by atoms with Gasteiger partial charge in [0.15, 0.2) is 5.78 Å². The Bertz CT molecular complexity index is 1560. The molecular formula is C40H59N3O6. The Kier molecular flexibility index (Phi) is 8.63. The lowest BCUT2D eigenvalue weighted by Crippen LogP contribution is -2.67. The van der Waals surface area contributed by atoms with E-state index >= 15 is 0 Å². The lowest BCUT2D eigenvalue weighted by atomic mass is 9.33. The summed E-state index contributed by atoms with van der Waals surface area (Å²) < 4.78 is 7.92. The second kappa shape index (κ2) is 11.8. The van der Waals surface area contributed by atoms with E-state index in [1.807, 2.05) is 0 Å². The minimum absolute atomic E-state index is 0.0293. The van der Waals surface area contributed by atoms with Crippen molar-refractivity contribution in [2.75, 3.05) is 0 Å². The van der Waals surface area contributed by atoms with Crippen LogP contribution in [-0.4, -0.2) is 49.9 Å². The van der Waals surface area contributed by atoms with Crippen molar-refractivity contribution in [2.24, 2.45) is 50.7 Å². The average Bonchev–Trinajstić information content (AvgIpc) is 3.59. The monoisotopic (exact) mass is 677 g/mol. The highest BCUT2D eigenvalue weighted by atomic mass is 16.5. The summed E-state index contributed by atoms with van der Waals surface area (Å²) in [4.78, 5) is 56.2. The number of hydrogen-bond acceptors (Lipinski definition) is 6. The SMILES string of the molecule is CC(C)C1=C2C3CCC4[C@@]5(C)CC[C@H](OC(=O)CC(C)(C)C(=O)O)C(C)(C)C5CC[C@@]4(C)[C@]3(C)CC[C@@]2(NC(=O)Cn2ccnc2)CC1=O.